The summed E-state index contributed by atoms with van der Waals surface area (Å²) >= 11 is 0. The molecule has 2 amide bonds. The molecule has 1 fully saturated rings. The largest absolute Gasteiger partial charge is 0.493 e. The molecule has 180 valence electrons. The molecule has 2 aromatic carbocycles. The molecule has 7 nitrogen and oxygen atoms in total. The van der Waals surface area contributed by atoms with Crippen molar-refractivity contribution in [2.75, 3.05) is 6.61 Å². The van der Waals surface area contributed by atoms with Gasteiger partial charge in [0.15, 0.2) is 5.96 Å². The normalized spacial score (nSPS) is 21.4. The van der Waals surface area contributed by atoms with Crippen LogP contribution in [0, 0.1) is 17.1 Å². The topological polar surface area (TPSA) is 94.5 Å². The van der Waals surface area contributed by atoms with E-state index in [-0.39, 0.29) is 35.9 Å². The molecule has 0 saturated carbocycles. The summed E-state index contributed by atoms with van der Waals surface area (Å²) in [5.74, 6) is -0.740. The summed E-state index contributed by atoms with van der Waals surface area (Å²) in [6.45, 7) is 6.35. The van der Waals surface area contributed by atoms with E-state index in [1.165, 1.54) is 17.0 Å². The first-order valence-electron chi connectivity index (χ1n) is 11.8. The number of para-hydroxylation sites is 1. The van der Waals surface area contributed by atoms with Crippen molar-refractivity contribution in [3.63, 3.8) is 0 Å². The van der Waals surface area contributed by atoms with Gasteiger partial charge in [0.1, 0.15) is 11.6 Å². The van der Waals surface area contributed by atoms with Crippen LogP contribution in [0.1, 0.15) is 67.6 Å². The molecule has 0 bridgehead atoms. The molecule has 2 aliphatic heterocycles. The Morgan fingerprint density at radius 2 is 2.00 bits per heavy atom. The van der Waals surface area contributed by atoms with Crippen LogP contribution in [0.3, 0.4) is 0 Å². The Morgan fingerprint density at radius 3 is 2.74 bits per heavy atom. The first kappa shape index (κ1) is 23.7. The van der Waals surface area contributed by atoms with Crippen LogP contribution in [0.5, 0.6) is 5.75 Å². The summed E-state index contributed by atoms with van der Waals surface area (Å²) < 4.78 is 20.1. The molecule has 0 radical (unpaired) electrons. The molecule has 2 atom stereocenters. The van der Waals surface area contributed by atoms with Gasteiger partial charge in [0, 0.05) is 17.5 Å². The summed E-state index contributed by atoms with van der Waals surface area (Å²) in [4.78, 5) is 27.4. The number of ether oxygens (including phenoxy) is 1. The molecule has 2 aliphatic rings. The van der Waals surface area contributed by atoms with E-state index in [2.05, 4.69) is 10.6 Å². The summed E-state index contributed by atoms with van der Waals surface area (Å²) in [6.07, 6.45) is 2.04. The first-order valence-corrected chi connectivity index (χ1v) is 11.8. The lowest BCUT2D eigenvalue weighted by Gasteiger charge is -2.46. The highest BCUT2D eigenvalue weighted by molar-refractivity contribution is 6.00. The number of carbonyl (C=O) groups excluding carboxylic acids is 2. The van der Waals surface area contributed by atoms with Crippen molar-refractivity contribution in [1.29, 1.82) is 5.41 Å². The van der Waals surface area contributed by atoms with Crippen LogP contribution >= 0.6 is 0 Å². The Labute approximate surface area is 199 Å². The van der Waals surface area contributed by atoms with Crippen LogP contribution in [-0.2, 0) is 11.3 Å². The van der Waals surface area contributed by atoms with Crippen LogP contribution in [-0.4, -0.2) is 34.8 Å². The number of nitrogens with one attached hydrogen (secondary N) is 3. The lowest BCUT2D eigenvalue weighted by Crippen LogP contribution is -2.66. The Hall–Kier alpha value is -3.42. The van der Waals surface area contributed by atoms with Crippen LogP contribution in [0.25, 0.3) is 0 Å². The van der Waals surface area contributed by atoms with E-state index in [9.17, 15) is 14.0 Å². The van der Waals surface area contributed by atoms with Gasteiger partial charge in [-0.3, -0.25) is 19.9 Å². The molecule has 4 rings (SSSR count). The third-order valence-corrected chi connectivity index (χ3v) is 7.19. The Kier molecular flexibility index (Phi) is 6.59. The molecular weight excluding hydrogens is 435 g/mol. The lowest BCUT2D eigenvalue weighted by molar-refractivity contribution is -0.136. The minimum atomic E-state index is -0.566. The number of hydrogen-bond donors (Lipinski definition) is 3. The molecule has 34 heavy (non-hydrogen) atoms. The zero-order chi connectivity index (χ0) is 24.5. The number of carbonyl (C=O) groups is 2. The second kappa shape index (κ2) is 9.44. The number of guanidine groups is 1. The van der Waals surface area contributed by atoms with Crippen molar-refractivity contribution in [2.45, 2.75) is 58.2 Å². The second-order valence-electron chi connectivity index (χ2n) is 9.03. The Morgan fingerprint density at radius 1 is 1.26 bits per heavy atom. The van der Waals surface area contributed by atoms with Gasteiger partial charge in [-0.1, -0.05) is 39.0 Å². The van der Waals surface area contributed by atoms with Crippen molar-refractivity contribution in [1.82, 2.24) is 15.5 Å². The average Bonchev–Trinajstić information content (AvgIpc) is 2.84. The van der Waals surface area contributed by atoms with Gasteiger partial charge in [-0.2, -0.15) is 0 Å². The summed E-state index contributed by atoms with van der Waals surface area (Å²) in [6, 6.07) is 11.4. The van der Waals surface area contributed by atoms with Gasteiger partial charge in [-0.15, -0.1) is 0 Å². The highest BCUT2D eigenvalue weighted by Crippen LogP contribution is 2.33. The van der Waals surface area contributed by atoms with Crippen molar-refractivity contribution in [2.24, 2.45) is 5.92 Å². The predicted molar refractivity (Wildman–Crippen MR) is 127 cm³/mol. The molecule has 0 aromatic heterocycles. The minimum absolute atomic E-state index is 0.000811. The maximum absolute atomic E-state index is 14.5. The third-order valence-electron chi connectivity index (χ3n) is 7.19. The van der Waals surface area contributed by atoms with Crippen molar-refractivity contribution in [3.8, 4) is 5.75 Å². The van der Waals surface area contributed by atoms with Crippen molar-refractivity contribution in [3.05, 3.63) is 65.0 Å². The first-order chi connectivity index (χ1) is 16.3. The molecule has 8 heteroatoms. The van der Waals surface area contributed by atoms with E-state index in [1.54, 1.807) is 6.07 Å². The molecule has 0 spiro atoms. The Bertz CT molecular complexity index is 1110. The number of amides is 2. The van der Waals surface area contributed by atoms with Gasteiger partial charge < -0.3 is 15.4 Å². The fourth-order valence-corrected chi connectivity index (χ4v) is 4.98. The second-order valence-corrected chi connectivity index (χ2v) is 9.03. The Balaban J connectivity index is 1.52. The average molecular weight is 467 g/mol. The highest BCUT2D eigenvalue weighted by Gasteiger charge is 2.45. The summed E-state index contributed by atoms with van der Waals surface area (Å²) in [5.41, 5.74) is 1.05. The molecular formula is C26H31FN4O3. The van der Waals surface area contributed by atoms with Crippen molar-refractivity contribution < 1.29 is 18.7 Å². The van der Waals surface area contributed by atoms with E-state index in [1.807, 2.05) is 45.0 Å². The van der Waals surface area contributed by atoms with Gasteiger partial charge in [-0.25, -0.2) is 4.39 Å². The van der Waals surface area contributed by atoms with Gasteiger partial charge in [-0.05, 0) is 42.7 Å². The van der Waals surface area contributed by atoms with Crippen LogP contribution in [0.4, 0.5) is 4.39 Å². The van der Waals surface area contributed by atoms with E-state index < -0.39 is 17.3 Å². The maximum Gasteiger partial charge on any atom is 0.251 e. The molecule has 2 aromatic rings. The summed E-state index contributed by atoms with van der Waals surface area (Å²) in [7, 11) is 0. The highest BCUT2D eigenvalue weighted by atomic mass is 19.1. The van der Waals surface area contributed by atoms with Gasteiger partial charge in [0.2, 0.25) is 5.91 Å². The monoisotopic (exact) mass is 466 g/mol. The molecule has 1 saturated heterocycles. The number of hydrogen-bond acceptors (Lipinski definition) is 4. The van der Waals surface area contributed by atoms with E-state index in [0.717, 1.165) is 11.3 Å². The number of halogens is 1. The summed E-state index contributed by atoms with van der Waals surface area (Å²) in [5, 5.41) is 14.6. The molecule has 2 heterocycles. The number of nitrogens with zero attached hydrogens (tertiary/aromatic N) is 1. The van der Waals surface area contributed by atoms with Gasteiger partial charge in [0.05, 0.1) is 30.7 Å². The molecule has 0 aliphatic carbocycles. The number of benzene rings is 2. The number of rotatable bonds is 6. The van der Waals surface area contributed by atoms with Crippen LogP contribution < -0.4 is 15.4 Å². The van der Waals surface area contributed by atoms with Crippen LogP contribution in [0.2, 0.25) is 0 Å². The lowest BCUT2D eigenvalue weighted by atomic mass is 9.78. The minimum Gasteiger partial charge on any atom is -0.493 e. The molecule has 1 unspecified atom stereocenters. The SMILES string of the molecule is CCC1(CC)NC(=N)N(Cc2cc(F)cc(C(=O)N[C@H]3CCOc4ccccc43)c2)C(=O)C1C. The smallest absolute Gasteiger partial charge is 0.251 e. The zero-order valence-electron chi connectivity index (χ0n) is 19.8. The number of fused-ring (bicyclic) bond motifs is 1. The third kappa shape index (κ3) is 4.36. The quantitative estimate of drug-likeness (QED) is 0.596. The van der Waals surface area contributed by atoms with Crippen molar-refractivity contribution >= 4 is 17.8 Å². The van der Waals surface area contributed by atoms with E-state index in [0.29, 0.717) is 31.4 Å². The fraction of sp³-hybridized carbons (Fsp3) is 0.423. The fourth-order valence-electron chi connectivity index (χ4n) is 4.98. The van der Waals surface area contributed by atoms with E-state index >= 15 is 0 Å². The maximum atomic E-state index is 14.5. The van der Waals surface area contributed by atoms with E-state index in [4.69, 9.17) is 10.1 Å². The predicted octanol–water partition coefficient (Wildman–Crippen LogP) is 4.14. The standard InChI is InChI=1S/C26H31FN4O3/c1-4-26(5-2)16(3)24(33)31(25(28)30-26)15-17-12-18(14-19(27)13-17)23(32)29-21-10-11-34-22-9-7-6-8-20(21)22/h6-9,12-14,16,21H,4-5,10-11,15H2,1-3H3,(H2,28,30)(H,29,32)/t16?,21-/m0/s1. The van der Waals surface area contributed by atoms with Crippen LogP contribution in [0.15, 0.2) is 42.5 Å². The van der Waals surface area contributed by atoms with Gasteiger partial charge in [0.25, 0.3) is 5.91 Å². The zero-order valence-corrected chi connectivity index (χ0v) is 19.8. The van der Waals surface area contributed by atoms with Gasteiger partial charge >= 0.3 is 0 Å². The molecule has 3 N–H and O–H groups in total.